The van der Waals surface area contributed by atoms with E-state index in [1.807, 2.05) is 38.1 Å². The molecular weight excluding hydrogens is 176 g/mol. The Morgan fingerprint density at radius 2 is 1.93 bits per heavy atom. The van der Waals surface area contributed by atoms with E-state index in [9.17, 15) is 4.79 Å². The second-order valence-electron chi connectivity index (χ2n) is 4.07. The van der Waals surface area contributed by atoms with Crippen molar-refractivity contribution in [3.63, 3.8) is 0 Å². The largest absolute Gasteiger partial charge is 0.454 e. The quantitative estimate of drug-likeness (QED) is 0.636. The number of esters is 1. The van der Waals surface area contributed by atoms with Gasteiger partial charge in [-0.1, -0.05) is 29.8 Å². The fraction of sp³-hybridized carbons (Fsp3) is 0.417. The van der Waals surface area contributed by atoms with Crippen molar-refractivity contribution in [3.05, 3.63) is 35.4 Å². The monoisotopic (exact) mass is 190 g/mol. The van der Waals surface area contributed by atoms with Crippen LogP contribution in [-0.4, -0.2) is 5.97 Å². The summed E-state index contributed by atoms with van der Waals surface area (Å²) < 4.78 is 5.34. The van der Waals surface area contributed by atoms with Gasteiger partial charge in [0.1, 0.15) is 5.60 Å². The predicted octanol–water partition coefficient (Wildman–Crippen LogP) is 2.55. The second kappa shape index (κ2) is 3.12. The zero-order chi connectivity index (χ0) is 10.2. The molecule has 1 fully saturated rings. The summed E-state index contributed by atoms with van der Waals surface area (Å²) in [7, 11) is 0. The fourth-order valence-corrected chi connectivity index (χ4v) is 1.80. The average molecular weight is 190 g/mol. The fourth-order valence-electron chi connectivity index (χ4n) is 1.80. The standard InChI is InChI=1S/C12H14O2/c1-9-3-5-10(6-4-9)12(2)8-7-11(13)14-12/h3-6H,7-8H2,1-2H3/t12-/m1/s1. The Morgan fingerprint density at radius 3 is 2.43 bits per heavy atom. The third kappa shape index (κ3) is 1.52. The van der Waals surface area contributed by atoms with Gasteiger partial charge in [0.15, 0.2) is 0 Å². The molecule has 1 aliphatic rings. The molecular formula is C12H14O2. The number of benzene rings is 1. The Labute approximate surface area is 83.9 Å². The lowest BCUT2D eigenvalue weighted by Gasteiger charge is -2.22. The van der Waals surface area contributed by atoms with Gasteiger partial charge in [-0.2, -0.15) is 0 Å². The summed E-state index contributed by atoms with van der Waals surface area (Å²) in [6.45, 7) is 4.02. The SMILES string of the molecule is Cc1ccc([C@@]2(C)CCC(=O)O2)cc1. The minimum Gasteiger partial charge on any atom is -0.454 e. The normalized spacial score (nSPS) is 26.3. The van der Waals surface area contributed by atoms with Gasteiger partial charge >= 0.3 is 5.97 Å². The third-order valence-electron chi connectivity index (χ3n) is 2.81. The number of aryl methyl sites for hydroxylation is 1. The molecule has 1 aromatic carbocycles. The smallest absolute Gasteiger partial charge is 0.306 e. The third-order valence-corrected chi connectivity index (χ3v) is 2.81. The molecule has 0 radical (unpaired) electrons. The molecule has 1 atom stereocenters. The van der Waals surface area contributed by atoms with Crippen LogP contribution >= 0.6 is 0 Å². The van der Waals surface area contributed by atoms with Crippen molar-refractivity contribution >= 4 is 5.97 Å². The van der Waals surface area contributed by atoms with Crippen molar-refractivity contribution < 1.29 is 9.53 Å². The zero-order valence-corrected chi connectivity index (χ0v) is 8.54. The Morgan fingerprint density at radius 1 is 1.29 bits per heavy atom. The van der Waals surface area contributed by atoms with Crippen LogP contribution in [0.2, 0.25) is 0 Å². The van der Waals surface area contributed by atoms with E-state index in [0.29, 0.717) is 6.42 Å². The lowest BCUT2D eigenvalue weighted by Crippen LogP contribution is -2.20. The minimum atomic E-state index is -0.398. The molecule has 0 saturated carbocycles. The van der Waals surface area contributed by atoms with Gasteiger partial charge in [-0.3, -0.25) is 4.79 Å². The number of rotatable bonds is 1. The second-order valence-corrected chi connectivity index (χ2v) is 4.07. The van der Waals surface area contributed by atoms with Crippen molar-refractivity contribution in [2.75, 3.05) is 0 Å². The van der Waals surface area contributed by atoms with E-state index in [1.165, 1.54) is 5.56 Å². The van der Waals surface area contributed by atoms with E-state index in [-0.39, 0.29) is 5.97 Å². The maximum Gasteiger partial charge on any atom is 0.306 e. The van der Waals surface area contributed by atoms with Crippen LogP contribution in [0.25, 0.3) is 0 Å². The van der Waals surface area contributed by atoms with Gasteiger partial charge in [-0.25, -0.2) is 0 Å². The topological polar surface area (TPSA) is 26.3 Å². The molecule has 0 N–H and O–H groups in total. The number of ether oxygens (including phenoxy) is 1. The number of carbonyl (C=O) groups excluding carboxylic acids is 1. The van der Waals surface area contributed by atoms with Gasteiger partial charge in [0.05, 0.1) is 0 Å². The summed E-state index contributed by atoms with van der Waals surface area (Å²) in [5, 5.41) is 0. The molecule has 1 saturated heterocycles. The van der Waals surface area contributed by atoms with Crippen molar-refractivity contribution in [1.82, 2.24) is 0 Å². The van der Waals surface area contributed by atoms with Crippen LogP contribution in [0.5, 0.6) is 0 Å². The molecule has 0 bridgehead atoms. The van der Waals surface area contributed by atoms with Crippen molar-refractivity contribution in [1.29, 1.82) is 0 Å². The molecule has 0 aliphatic carbocycles. The molecule has 2 rings (SSSR count). The van der Waals surface area contributed by atoms with Crippen LogP contribution in [0.1, 0.15) is 30.9 Å². The molecule has 1 aromatic rings. The highest BCUT2D eigenvalue weighted by Crippen LogP contribution is 2.36. The first kappa shape index (κ1) is 9.25. The maximum atomic E-state index is 11.1. The van der Waals surface area contributed by atoms with E-state index in [0.717, 1.165) is 12.0 Å². The summed E-state index contributed by atoms with van der Waals surface area (Å²) in [6, 6.07) is 8.17. The Balaban J connectivity index is 2.30. The summed E-state index contributed by atoms with van der Waals surface area (Å²) >= 11 is 0. The summed E-state index contributed by atoms with van der Waals surface area (Å²) in [6.07, 6.45) is 1.32. The maximum absolute atomic E-state index is 11.1. The number of hydrogen-bond donors (Lipinski definition) is 0. The average Bonchev–Trinajstić information content (AvgIpc) is 2.48. The van der Waals surface area contributed by atoms with Gasteiger partial charge in [-0.15, -0.1) is 0 Å². The molecule has 0 amide bonds. The van der Waals surface area contributed by atoms with Crippen LogP contribution in [0.15, 0.2) is 24.3 Å². The van der Waals surface area contributed by atoms with Crippen LogP contribution in [-0.2, 0) is 15.1 Å². The van der Waals surface area contributed by atoms with Crippen LogP contribution in [0.3, 0.4) is 0 Å². The van der Waals surface area contributed by atoms with Crippen LogP contribution in [0, 0.1) is 6.92 Å². The van der Waals surface area contributed by atoms with Crippen LogP contribution in [0.4, 0.5) is 0 Å². The van der Waals surface area contributed by atoms with Crippen molar-refractivity contribution in [2.24, 2.45) is 0 Å². The van der Waals surface area contributed by atoms with Crippen LogP contribution < -0.4 is 0 Å². The minimum absolute atomic E-state index is 0.0897. The van der Waals surface area contributed by atoms with Gasteiger partial charge in [0.2, 0.25) is 0 Å². The number of carbonyl (C=O) groups is 1. The van der Waals surface area contributed by atoms with E-state index in [4.69, 9.17) is 4.74 Å². The molecule has 1 heterocycles. The predicted molar refractivity (Wildman–Crippen MR) is 53.9 cm³/mol. The van der Waals surface area contributed by atoms with Gasteiger partial charge in [0.25, 0.3) is 0 Å². The van der Waals surface area contributed by atoms with Gasteiger partial charge < -0.3 is 4.74 Å². The zero-order valence-electron chi connectivity index (χ0n) is 8.54. The van der Waals surface area contributed by atoms with E-state index in [2.05, 4.69) is 0 Å². The highest BCUT2D eigenvalue weighted by atomic mass is 16.6. The van der Waals surface area contributed by atoms with Crippen molar-refractivity contribution in [3.8, 4) is 0 Å². The Bertz CT molecular complexity index is 353. The lowest BCUT2D eigenvalue weighted by atomic mass is 9.92. The van der Waals surface area contributed by atoms with E-state index < -0.39 is 5.60 Å². The molecule has 74 valence electrons. The Kier molecular flexibility index (Phi) is 2.06. The van der Waals surface area contributed by atoms with E-state index >= 15 is 0 Å². The summed E-state index contributed by atoms with van der Waals surface area (Å²) in [5.41, 5.74) is 1.92. The summed E-state index contributed by atoms with van der Waals surface area (Å²) in [4.78, 5) is 11.1. The van der Waals surface area contributed by atoms with Crippen molar-refractivity contribution in [2.45, 2.75) is 32.3 Å². The Hall–Kier alpha value is -1.31. The highest BCUT2D eigenvalue weighted by Gasteiger charge is 2.37. The molecule has 2 heteroatoms. The molecule has 14 heavy (non-hydrogen) atoms. The first-order valence-electron chi connectivity index (χ1n) is 4.89. The lowest BCUT2D eigenvalue weighted by molar-refractivity contribution is -0.147. The molecule has 1 aliphatic heterocycles. The van der Waals surface area contributed by atoms with E-state index in [1.54, 1.807) is 0 Å². The molecule has 0 spiro atoms. The van der Waals surface area contributed by atoms with Gasteiger partial charge in [-0.05, 0) is 19.4 Å². The van der Waals surface area contributed by atoms with Gasteiger partial charge in [0, 0.05) is 12.8 Å². The summed E-state index contributed by atoms with van der Waals surface area (Å²) in [5.74, 6) is -0.0897. The molecule has 0 unspecified atom stereocenters. The molecule has 2 nitrogen and oxygen atoms in total. The number of hydrogen-bond acceptors (Lipinski definition) is 2. The number of cyclic esters (lactones) is 1. The molecule has 0 aromatic heterocycles. The first-order valence-corrected chi connectivity index (χ1v) is 4.89. The highest BCUT2D eigenvalue weighted by molar-refractivity contribution is 5.72. The first-order chi connectivity index (χ1) is 6.60.